The summed E-state index contributed by atoms with van der Waals surface area (Å²) in [6, 6.07) is 0. The van der Waals surface area contributed by atoms with Gasteiger partial charge in [-0.15, -0.1) is 0 Å². The number of nitrogens with one attached hydrogen (secondary N) is 2. The number of carbonyl (C=O) groups excluding carboxylic acids is 2. The first kappa shape index (κ1) is 18.7. The van der Waals surface area contributed by atoms with Gasteiger partial charge in [-0.3, -0.25) is 4.79 Å². The van der Waals surface area contributed by atoms with E-state index >= 15 is 0 Å². The SMILES string of the molecule is CC[C@@H]1C[C@]1(NC(=O)OC(C)(C)C)C(=O)NS(=O)(=O)N(C)C. The molecule has 0 aliphatic heterocycles. The second kappa shape index (κ2) is 6.04. The fraction of sp³-hybridized carbons (Fsp3) is 0.846. The zero-order chi connectivity index (χ0) is 17.3. The molecule has 8 nitrogen and oxygen atoms in total. The van der Waals surface area contributed by atoms with Gasteiger partial charge in [-0.1, -0.05) is 13.3 Å². The van der Waals surface area contributed by atoms with Crippen LogP contribution >= 0.6 is 0 Å². The van der Waals surface area contributed by atoms with Gasteiger partial charge < -0.3 is 10.1 Å². The molecular formula is C13H25N3O5S. The van der Waals surface area contributed by atoms with E-state index in [4.69, 9.17) is 4.74 Å². The summed E-state index contributed by atoms with van der Waals surface area (Å²) >= 11 is 0. The second-order valence-electron chi connectivity index (χ2n) is 6.63. The van der Waals surface area contributed by atoms with E-state index in [1.54, 1.807) is 20.8 Å². The summed E-state index contributed by atoms with van der Waals surface area (Å²) in [7, 11) is -1.27. The van der Waals surface area contributed by atoms with E-state index < -0.39 is 33.3 Å². The highest BCUT2D eigenvalue weighted by Crippen LogP contribution is 2.46. The standard InChI is InChI=1S/C13H25N3O5S/c1-7-9-8-13(9,14-11(18)21-12(2,3)4)10(17)15-22(19,20)16(5)6/h9H,7-8H2,1-6H3,(H,14,18)(H,15,17)/t9-,13-/m1/s1. The van der Waals surface area contributed by atoms with Crippen molar-refractivity contribution >= 4 is 22.2 Å². The highest BCUT2D eigenvalue weighted by atomic mass is 32.2. The number of nitrogens with zero attached hydrogens (tertiary/aromatic N) is 1. The predicted molar refractivity (Wildman–Crippen MR) is 81.2 cm³/mol. The van der Waals surface area contributed by atoms with Crippen molar-refractivity contribution in [2.75, 3.05) is 14.1 Å². The topological polar surface area (TPSA) is 105 Å². The highest BCUT2D eigenvalue weighted by molar-refractivity contribution is 7.87. The Hall–Kier alpha value is -1.35. The van der Waals surface area contributed by atoms with Crippen molar-refractivity contribution < 1.29 is 22.7 Å². The molecule has 1 aliphatic carbocycles. The summed E-state index contributed by atoms with van der Waals surface area (Å²) in [5, 5.41) is 2.53. The van der Waals surface area contributed by atoms with Crippen LogP contribution in [0.25, 0.3) is 0 Å². The van der Waals surface area contributed by atoms with Crippen LogP contribution in [0.15, 0.2) is 0 Å². The van der Waals surface area contributed by atoms with E-state index in [0.29, 0.717) is 12.8 Å². The van der Waals surface area contributed by atoms with Gasteiger partial charge in [-0.2, -0.15) is 12.7 Å². The molecule has 0 aromatic carbocycles. The van der Waals surface area contributed by atoms with Crippen molar-refractivity contribution in [2.45, 2.75) is 51.7 Å². The van der Waals surface area contributed by atoms with E-state index in [2.05, 4.69) is 5.32 Å². The molecule has 2 amide bonds. The Kier molecular flexibility index (Phi) is 5.13. The smallest absolute Gasteiger partial charge is 0.408 e. The van der Waals surface area contributed by atoms with Crippen molar-refractivity contribution in [2.24, 2.45) is 5.92 Å². The zero-order valence-electron chi connectivity index (χ0n) is 13.9. The molecule has 1 rings (SSSR count). The van der Waals surface area contributed by atoms with E-state index in [0.717, 1.165) is 4.31 Å². The van der Waals surface area contributed by atoms with Crippen LogP contribution < -0.4 is 10.0 Å². The number of rotatable bonds is 5. The number of amides is 2. The molecule has 9 heteroatoms. The first-order valence-corrected chi connectivity index (χ1v) is 8.54. The van der Waals surface area contributed by atoms with Crippen LogP contribution in [0.2, 0.25) is 0 Å². The maximum Gasteiger partial charge on any atom is 0.408 e. The Balaban J connectivity index is 2.85. The molecule has 2 N–H and O–H groups in total. The normalized spacial score (nSPS) is 24.8. The fourth-order valence-corrected chi connectivity index (χ4v) is 2.69. The summed E-state index contributed by atoms with van der Waals surface area (Å²) in [6.45, 7) is 7.00. The van der Waals surface area contributed by atoms with Crippen molar-refractivity contribution in [1.82, 2.24) is 14.3 Å². The third-order valence-corrected chi connectivity index (χ3v) is 4.83. The van der Waals surface area contributed by atoms with E-state index in [1.165, 1.54) is 14.1 Å². The molecule has 0 radical (unpaired) electrons. The van der Waals surface area contributed by atoms with E-state index in [9.17, 15) is 18.0 Å². The molecule has 1 fully saturated rings. The zero-order valence-corrected chi connectivity index (χ0v) is 14.7. The molecule has 2 atom stereocenters. The Labute approximate surface area is 131 Å². The fourth-order valence-electron chi connectivity index (χ4n) is 2.10. The molecule has 128 valence electrons. The Morgan fingerprint density at radius 1 is 1.32 bits per heavy atom. The second-order valence-corrected chi connectivity index (χ2v) is 8.51. The lowest BCUT2D eigenvalue weighted by Crippen LogP contribution is -2.54. The molecule has 22 heavy (non-hydrogen) atoms. The minimum atomic E-state index is -3.90. The van der Waals surface area contributed by atoms with Gasteiger partial charge in [0.2, 0.25) is 0 Å². The summed E-state index contributed by atoms with van der Waals surface area (Å²) in [4.78, 5) is 24.2. The summed E-state index contributed by atoms with van der Waals surface area (Å²) in [6.07, 6.45) is 0.295. The third kappa shape index (κ3) is 4.33. The minimum absolute atomic E-state index is 0.114. The monoisotopic (exact) mass is 335 g/mol. The number of alkyl carbamates (subject to hydrolysis) is 1. The molecular weight excluding hydrogens is 310 g/mol. The van der Waals surface area contributed by atoms with Crippen LogP contribution in [0, 0.1) is 5.92 Å². The quantitative estimate of drug-likeness (QED) is 0.765. The molecule has 0 aromatic heterocycles. The van der Waals surface area contributed by atoms with Gasteiger partial charge in [0.1, 0.15) is 11.1 Å². The van der Waals surface area contributed by atoms with Crippen LogP contribution in [-0.2, 0) is 19.7 Å². The summed E-state index contributed by atoms with van der Waals surface area (Å²) in [5.74, 6) is -0.851. The van der Waals surface area contributed by atoms with E-state index in [1.807, 2.05) is 11.6 Å². The highest BCUT2D eigenvalue weighted by Gasteiger charge is 2.61. The van der Waals surface area contributed by atoms with Gasteiger partial charge in [0, 0.05) is 14.1 Å². The molecule has 0 bridgehead atoms. The van der Waals surface area contributed by atoms with Crippen LogP contribution in [0.4, 0.5) is 4.79 Å². The number of carbonyl (C=O) groups is 2. The van der Waals surface area contributed by atoms with Crippen LogP contribution in [0.5, 0.6) is 0 Å². The molecule has 0 aromatic rings. The molecule has 1 saturated carbocycles. The molecule has 0 spiro atoms. The Morgan fingerprint density at radius 2 is 1.86 bits per heavy atom. The van der Waals surface area contributed by atoms with Crippen molar-refractivity contribution in [3.05, 3.63) is 0 Å². The lowest BCUT2D eigenvalue weighted by molar-refractivity contribution is -0.122. The van der Waals surface area contributed by atoms with Gasteiger partial charge in [-0.25, -0.2) is 9.52 Å². The molecule has 0 unspecified atom stereocenters. The lowest BCUT2D eigenvalue weighted by atomic mass is 10.1. The largest absolute Gasteiger partial charge is 0.444 e. The average Bonchev–Trinajstić information content (AvgIpc) is 3.00. The molecule has 0 saturated heterocycles. The summed E-state index contributed by atoms with van der Waals surface area (Å²) < 4.78 is 31.6. The van der Waals surface area contributed by atoms with Crippen molar-refractivity contribution in [1.29, 1.82) is 0 Å². The number of hydrogen-bond acceptors (Lipinski definition) is 5. The first-order valence-electron chi connectivity index (χ1n) is 7.10. The van der Waals surface area contributed by atoms with Crippen molar-refractivity contribution in [3.8, 4) is 0 Å². The maximum atomic E-state index is 12.3. The Morgan fingerprint density at radius 3 is 2.23 bits per heavy atom. The van der Waals surface area contributed by atoms with Crippen LogP contribution in [-0.4, -0.2) is 50.0 Å². The summed E-state index contributed by atoms with van der Waals surface area (Å²) in [5.41, 5.74) is -1.92. The first-order chi connectivity index (χ1) is 9.84. The molecule has 1 aliphatic rings. The lowest BCUT2D eigenvalue weighted by Gasteiger charge is -2.24. The molecule has 0 heterocycles. The predicted octanol–water partition coefficient (Wildman–Crippen LogP) is 0.602. The number of ether oxygens (including phenoxy) is 1. The average molecular weight is 335 g/mol. The maximum absolute atomic E-state index is 12.3. The van der Waals surface area contributed by atoms with Gasteiger partial charge in [0.05, 0.1) is 0 Å². The minimum Gasteiger partial charge on any atom is -0.444 e. The number of hydrogen-bond donors (Lipinski definition) is 2. The van der Waals surface area contributed by atoms with Gasteiger partial charge in [0.15, 0.2) is 0 Å². The van der Waals surface area contributed by atoms with Crippen molar-refractivity contribution in [3.63, 3.8) is 0 Å². The Bertz CT molecular complexity index is 553. The van der Waals surface area contributed by atoms with E-state index in [-0.39, 0.29) is 5.92 Å². The van der Waals surface area contributed by atoms with Gasteiger partial charge in [-0.05, 0) is 33.1 Å². The van der Waals surface area contributed by atoms with Gasteiger partial charge >= 0.3 is 16.3 Å². The van der Waals surface area contributed by atoms with Crippen LogP contribution in [0.1, 0.15) is 40.5 Å². The van der Waals surface area contributed by atoms with Crippen LogP contribution in [0.3, 0.4) is 0 Å². The van der Waals surface area contributed by atoms with Gasteiger partial charge in [0.25, 0.3) is 5.91 Å². The third-order valence-electron chi connectivity index (χ3n) is 3.43.